The van der Waals surface area contributed by atoms with E-state index in [1.807, 2.05) is 54.6 Å². The normalized spacial score (nSPS) is 16.6. The molecule has 2 N–H and O–H groups in total. The van der Waals surface area contributed by atoms with E-state index in [9.17, 15) is 14.4 Å². The molecule has 146 valence electrons. The zero-order valence-corrected chi connectivity index (χ0v) is 15.7. The number of para-hydroxylation sites is 1. The Kier molecular flexibility index (Phi) is 5.20. The maximum atomic E-state index is 12.2. The monoisotopic (exact) mass is 388 g/mol. The van der Waals surface area contributed by atoms with Crippen molar-refractivity contribution < 1.29 is 9.59 Å². The van der Waals surface area contributed by atoms with Gasteiger partial charge in [0, 0.05) is 24.4 Å². The molecule has 0 aliphatic carbocycles. The Balaban J connectivity index is 1.36. The van der Waals surface area contributed by atoms with Gasteiger partial charge in [0.2, 0.25) is 5.91 Å². The van der Waals surface area contributed by atoms with Gasteiger partial charge in [-0.25, -0.2) is 5.43 Å². The van der Waals surface area contributed by atoms with Crippen LogP contribution in [0.3, 0.4) is 0 Å². The van der Waals surface area contributed by atoms with Crippen molar-refractivity contribution in [3.63, 3.8) is 0 Å². The highest BCUT2D eigenvalue weighted by Crippen LogP contribution is 2.27. The maximum absolute atomic E-state index is 12.2. The molecule has 4 rings (SSSR count). The van der Waals surface area contributed by atoms with Crippen LogP contribution in [0.4, 0.5) is 0 Å². The molecule has 1 saturated heterocycles. The average molecular weight is 388 g/mol. The number of aromatic amines is 1. The van der Waals surface area contributed by atoms with Crippen LogP contribution >= 0.6 is 0 Å². The molecular formula is C22H20N4O3. The number of H-pyrrole nitrogens is 1. The predicted molar refractivity (Wildman–Crippen MR) is 111 cm³/mol. The number of carbonyl (C=O) groups is 2. The summed E-state index contributed by atoms with van der Waals surface area (Å²) in [6, 6.07) is 18.9. The lowest BCUT2D eigenvalue weighted by Gasteiger charge is -2.15. The quantitative estimate of drug-likeness (QED) is 0.517. The van der Waals surface area contributed by atoms with Crippen molar-refractivity contribution in [2.24, 2.45) is 5.10 Å². The van der Waals surface area contributed by atoms with E-state index < -0.39 is 5.91 Å². The summed E-state index contributed by atoms with van der Waals surface area (Å²) in [5.74, 6) is -0.361. The Bertz CT molecular complexity index is 1140. The van der Waals surface area contributed by atoms with E-state index in [0.29, 0.717) is 18.5 Å². The molecule has 2 heterocycles. The van der Waals surface area contributed by atoms with Crippen molar-refractivity contribution >= 4 is 28.9 Å². The van der Waals surface area contributed by atoms with E-state index >= 15 is 0 Å². The lowest BCUT2D eigenvalue weighted by atomic mass is 9.99. The molecule has 1 aliphatic rings. The van der Waals surface area contributed by atoms with Crippen molar-refractivity contribution in [1.29, 1.82) is 0 Å². The first-order chi connectivity index (χ1) is 14.1. The number of rotatable bonds is 5. The third-order valence-corrected chi connectivity index (χ3v) is 5.00. The maximum Gasteiger partial charge on any atom is 0.259 e. The summed E-state index contributed by atoms with van der Waals surface area (Å²) in [5, 5.41) is 4.74. The van der Waals surface area contributed by atoms with E-state index in [0.717, 1.165) is 16.5 Å². The molecule has 7 heteroatoms. The number of hydrazone groups is 1. The van der Waals surface area contributed by atoms with Crippen molar-refractivity contribution in [3.05, 3.63) is 82.1 Å². The summed E-state index contributed by atoms with van der Waals surface area (Å²) in [6.45, 7) is 0.442. The van der Waals surface area contributed by atoms with Crippen LogP contribution in [0.25, 0.3) is 10.9 Å². The molecule has 0 spiro atoms. The number of nitrogens with zero attached hydrogens (tertiary/aromatic N) is 2. The molecule has 2 amide bonds. The van der Waals surface area contributed by atoms with Gasteiger partial charge in [-0.1, -0.05) is 48.5 Å². The Morgan fingerprint density at radius 3 is 2.72 bits per heavy atom. The number of benzene rings is 2. The molecule has 1 aromatic heterocycles. The SMILES string of the molecule is O=C(CN1C[C@@H](c2ccccc2)CC1=O)N/N=C\c1cc2ccccc2[nH]c1=O. The summed E-state index contributed by atoms with van der Waals surface area (Å²) >= 11 is 0. The Morgan fingerprint density at radius 2 is 1.90 bits per heavy atom. The van der Waals surface area contributed by atoms with Crippen LogP contribution < -0.4 is 11.0 Å². The van der Waals surface area contributed by atoms with Crippen LogP contribution in [-0.2, 0) is 9.59 Å². The number of likely N-dealkylation sites (tertiary alicyclic amines) is 1. The van der Waals surface area contributed by atoms with Gasteiger partial charge in [0.1, 0.15) is 6.54 Å². The topological polar surface area (TPSA) is 94.6 Å². The van der Waals surface area contributed by atoms with Gasteiger partial charge < -0.3 is 9.88 Å². The molecule has 0 saturated carbocycles. The van der Waals surface area contributed by atoms with Crippen LogP contribution in [0.1, 0.15) is 23.5 Å². The second kappa shape index (κ2) is 8.10. The highest BCUT2D eigenvalue weighted by Gasteiger charge is 2.31. The van der Waals surface area contributed by atoms with Gasteiger partial charge in [0.15, 0.2) is 0 Å². The van der Waals surface area contributed by atoms with Crippen molar-refractivity contribution in [2.45, 2.75) is 12.3 Å². The van der Waals surface area contributed by atoms with E-state index in [1.54, 1.807) is 6.07 Å². The minimum absolute atomic E-state index is 0.0519. The number of fused-ring (bicyclic) bond motifs is 1. The number of hydrogen-bond acceptors (Lipinski definition) is 4. The molecule has 3 aromatic rings. The molecule has 2 aromatic carbocycles. The summed E-state index contributed by atoms with van der Waals surface area (Å²) in [5.41, 5.74) is 4.27. The number of carbonyl (C=O) groups excluding carboxylic acids is 2. The molecule has 1 aliphatic heterocycles. The highest BCUT2D eigenvalue weighted by atomic mass is 16.2. The second-order valence-electron chi connectivity index (χ2n) is 7.02. The Morgan fingerprint density at radius 1 is 1.14 bits per heavy atom. The first-order valence-electron chi connectivity index (χ1n) is 9.37. The van der Waals surface area contributed by atoms with Gasteiger partial charge in [-0.05, 0) is 23.1 Å². The van der Waals surface area contributed by atoms with Crippen LogP contribution in [0, 0.1) is 0 Å². The van der Waals surface area contributed by atoms with Crippen LogP contribution in [-0.4, -0.2) is 41.0 Å². The first kappa shape index (κ1) is 18.6. The summed E-state index contributed by atoms with van der Waals surface area (Å²) in [7, 11) is 0. The fraction of sp³-hybridized carbons (Fsp3) is 0.182. The summed E-state index contributed by atoms with van der Waals surface area (Å²) in [4.78, 5) is 40.8. The summed E-state index contributed by atoms with van der Waals surface area (Å²) in [6.07, 6.45) is 1.70. The molecule has 0 bridgehead atoms. The van der Waals surface area contributed by atoms with Crippen LogP contribution in [0.15, 0.2) is 70.6 Å². The van der Waals surface area contributed by atoms with Crippen molar-refractivity contribution in [2.75, 3.05) is 13.1 Å². The standard InChI is InChI=1S/C22H20N4O3/c27-20(14-26-13-18(11-21(26)28)15-6-2-1-3-7-15)25-23-12-17-10-16-8-4-5-9-19(16)24-22(17)29/h1-10,12,18H,11,13-14H2,(H,24,29)(H,25,27)/b23-12-/t18-/m0/s1. The fourth-order valence-electron chi connectivity index (χ4n) is 3.52. The van der Waals surface area contributed by atoms with Gasteiger partial charge in [0.05, 0.1) is 11.8 Å². The summed E-state index contributed by atoms with van der Waals surface area (Å²) < 4.78 is 0. The van der Waals surface area contributed by atoms with Gasteiger partial charge in [0.25, 0.3) is 11.5 Å². The molecule has 1 fully saturated rings. The lowest BCUT2D eigenvalue weighted by Crippen LogP contribution is -2.36. The number of amides is 2. The third-order valence-electron chi connectivity index (χ3n) is 5.00. The number of nitrogens with one attached hydrogen (secondary N) is 2. The van der Waals surface area contributed by atoms with Crippen LogP contribution in [0.5, 0.6) is 0 Å². The Hall–Kier alpha value is -3.74. The minimum Gasteiger partial charge on any atom is -0.333 e. The molecule has 0 unspecified atom stereocenters. The minimum atomic E-state index is -0.402. The van der Waals surface area contributed by atoms with Gasteiger partial charge in [-0.3, -0.25) is 14.4 Å². The zero-order chi connectivity index (χ0) is 20.2. The van der Waals surface area contributed by atoms with E-state index in [2.05, 4.69) is 15.5 Å². The number of hydrogen-bond donors (Lipinski definition) is 2. The van der Waals surface area contributed by atoms with E-state index in [-0.39, 0.29) is 23.9 Å². The third kappa shape index (κ3) is 4.24. The fourth-order valence-corrected chi connectivity index (χ4v) is 3.52. The smallest absolute Gasteiger partial charge is 0.259 e. The van der Waals surface area contributed by atoms with Crippen LogP contribution in [0.2, 0.25) is 0 Å². The molecule has 1 atom stereocenters. The average Bonchev–Trinajstić information content (AvgIpc) is 3.09. The van der Waals surface area contributed by atoms with Gasteiger partial charge >= 0.3 is 0 Å². The van der Waals surface area contributed by atoms with E-state index in [4.69, 9.17) is 0 Å². The van der Waals surface area contributed by atoms with E-state index in [1.165, 1.54) is 11.1 Å². The van der Waals surface area contributed by atoms with Gasteiger partial charge in [-0.2, -0.15) is 5.10 Å². The number of aromatic nitrogens is 1. The first-order valence-corrected chi connectivity index (χ1v) is 9.37. The molecule has 29 heavy (non-hydrogen) atoms. The largest absolute Gasteiger partial charge is 0.333 e. The molecule has 0 radical (unpaired) electrons. The number of pyridine rings is 1. The predicted octanol–water partition coefficient (Wildman–Crippen LogP) is 1.99. The zero-order valence-electron chi connectivity index (χ0n) is 15.7. The van der Waals surface area contributed by atoms with Crippen molar-refractivity contribution in [1.82, 2.24) is 15.3 Å². The van der Waals surface area contributed by atoms with Crippen molar-refractivity contribution in [3.8, 4) is 0 Å². The molecular weight excluding hydrogens is 368 g/mol. The Labute approximate surface area is 167 Å². The van der Waals surface area contributed by atoms with Gasteiger partial charge in [-0.15, -0.1) is 0 Å². The molecule has 7 nitrogen and oxygen atoms in total. The highest BCUT2D eigenvalue weighted by molar-refractivity contribution is 5.89. The second-order valence-corrected chi connectivity index (χ2v) is 7.02. The lowest BCUT2D eigenvalue weighted by molar-refractivity contribution is -0.133.